The van der Waals surface area contributed by atoms with Crippen molar-refractivity contribution in [3.63, 3.8) is 0 Å². The molecule has 7 nitrogen and oxygen atoms in total. The lowest BCUT2D eigenvalue weighted by molar-refractivity contribution is -0.129. The summed E-state index contributed by atoms with van der Waals surface area (Å²) in [4.78, 5) is 39.0. The minimum atomic E-state index is -0.518. The van der Waals surface area contributed by atoms with Gasteiger partial charge in [-0.05, 0) is 37.6 Å². The van der Waals surface area contributed by atoms with E-state index in [0.29, 0.717) is 28.9 Å². The zero-order chi connectivity index (χ0) is 21.7. The van der Waals surface area contributed by atoms with Gasteiger partial charge in [-0.1, -0.05) is 46.3 Å². The van der Waals surface area contributed by atoms with Crippen molar-refractivity contribution in [2.45, 2.75) is 32.9 Å². The van der Waals surface area contributed by atoms with E-state index in [1.165, 1.54) is 0 Å². The van der Waals surface area contributed by atoms with E-state index in [-0.39, 0.29) is 18.4 Å². The van der Waals surface area contributed by atoms with Crippen LogP contribution in [0.1, 0.15) is 36.2 Å². The fourth-order valence-electron chi connectivity index (χ4n) is 3.23. The predicted octanol–water partition coefficient (Wildman–Crippen LogP) is 3.05. The van der Waals surface area contributed by atoms with Gasteiger partial charge in [0, 0.05) is 24.0 Å². The second-order valence-electron chi connectivity index (χ2n) is 7.41. The number of amides is 3. The van der Waals surface area contributed by atoms with Gasteiger partial charge in [0.25, 0.3) is 5.91 Å². The predicted molar refractivity (Wildman–Crippen MR) is 115 cm³/mol. The van der Waals surface area contributed by atoms with Crippen molar-refractivity contribution in [1.82, 2.24) is 15.8 Å². The van der Waals surface area contributed by atoms with Gasteiger partial charge in [-0.3, -0.25) is 25.2 Å². The van der Waals surface area contributed by atoms with Crippen LogP contribution in [0.5, 0.6) is 5.75 Å². The first kappa shape index (κ1) is 21.8. The molecule has 0 radical (unpaired) electrons. The van der Waals surface area contributed by atoms with Crippen LogP contribution in [0.15, 0.2) is 53.0 Å². The lowest BCUT2D eigenvalue weighted by Crippen LogP contribution is -2.45. The lowest BCUT2D eigenvalue weighted by atomic mass is 10.1. The van der Waals surface area contributed by atoms with Gasteiger partial charge in [-0.15, -0.1) is 0 Å². The molecular weight excluding hydrogens is 450 g/mol. The molecule has 0 aromatic heterocycles. The number of carbonyl (C=O) groups excluding carboxylic acids is 3. The van der Waals surface area contributed by atoms with Gasteiger partial charge in [0.05, 0.1) is 17.6 Å². The van der Waals surface area contributed by atoms with Crippen molar-refractivity contribution >= 4 is 33.7 Å². The number of hydrogen-bond acceptors (Lipinski definition) is 4. The highest BCUT2D eigenvalue weighted by molar-refractivity contribution is 9.10. The Kier molecular flexibility index (Phi) is 7.10. The van der Waals surface area contributed by atoms with Crippen molar-refractivity contribution < 1.29 is 19.1 Å². The summed E-state index contributed by atoms with van der Waals surface area (Å²) < 4.78 is 6.38. The number of hydrazine groups is 1. The molecule has 1 unspecified atom stereocenters. The number of halogens is 1. The average molecular weight is 474 g/mol. The number of benzene rings is 2. The number of rotatable bonds is 6. The number of likely N-dealkylation sites (tertiary alicyclic amines) is 1. The van der Waals surface area contributed by atoms with E-state index >= 15 is 0 Å². The Morgan fingerprint density at radius 2 is 1.90 bits per heavy atom. The highest BCUT2D eigenvalue weighted by atomic mass is 79.9. The third-order valence-corrected chi connectivity index (χ3v) is 5.14. The Bertz CT molecular complexity index is 933. The Morgan fingerprint density at radius 3 is 2.60 bits per heavy atom. The number of nitrogens with zero attached hydrogens (tertiary/aromatic N) is 1. The van der Waals surface area contributed by atoms with Gasteiger partial charge in [0.2, 0.25) is 11.8 Å². The third kappa shape index (κ3) is 5.60. The second kappa shape index (κ2) is 9.75. The molecule has 2 aromatic rings. The molecule has 3 rings (SSSR count). The number of ether oxygens (including phenoxy) is 1. The molecule has 158 valence electrons. The second-order valence-corrected chi connectivity index (χ2v) is 8.33. The van der Waals surface area contributed by atoms with Crippen LogP contribution in [0, 0.1) is 5.92 Å². The molecule has 0 aliphatic carbocycles. The van der Waals surface area contributed by atoms with Crippen molar-refractivity contribution in [3.8, 4) is 5.75 Å². The van der Waals surface area contributed by atoms with E-state index < -0.39 is 17.7 Å². The fourth-order valence-corrected chi connectivity index (χ4v) is 3.59. The summed E-state index contributed by atoms with van der Waals surface area (Å²) in [6.45, 7) is 4.51. The summed E-state index contributed by atoms with van der Waals surface area (Å²) in [5.41, 5.74) is 6.17. The molecule has 0 bridgehead atoms. The van der Waals surface area contributed by atoms with Crippen molar-refractivity contribution in [2.75, 3.05) is 6.54 Å². The summed E-state index contributed by atoms with van der Waals surface area (Å²) in [6.07, 6.45) is 0.0139. The number of carbonyl (C=O) groups is 3. The molecule has 1 aliphatic heterocycles. The Balaban J connectivity index is 1.57. The number of nitrogens with one attached hydrogen (secondary N) is 2. The van der Waals surface area contributed by atoms with E-state index in [1.54, 1.807) is 23.1 Å². The van der Waals surface area contributed by atoms with Crippen LogP contribution in [-0.4, -0.2) is 35.3 Å². The molecule has 0 saturated carbocycles. The summed E-state index contributed by atoms with van der Waals surface area (Å²) in [6, 6.07) is 14.7. The highest BCUT2D eigenvalue weighted by Gasteiger charge is 2.34. The molecule has 1 aliphatic rings. The van der Waals surface area contributed by atoms with Crippen LogP contribution in [0.2, 0.25) is 0 Å². The van der Waals surface area contributed by atoms with Crippen molar-refractivity contribution in [2.24, 2.45) is 5.92 Å². The molecule has 1 heterocycles. The first-order valence-electron chi connectivity index (χ1n) is 9.71. The standard InChI is InChI=1S/C22H24BrN3O4/c1-14(2)30-19-9-8-17(23)11-18(19)22(29)25-24-21(28)16-10-20(27)26(13-16)12-15-6-4-3-5-7-15/h3-9,11,14,16H,10,12-13H2,1-2H3,(H,24,28)(H,25,29). The molecule has 1 fully saturated rings. The molecule has 1 saturated heterocycles. The van der Waals surface area contributed by atoms with E-state index in [9.17, 15) is 14.4 Å². The van der Waals surface area contributed by atoms with Crippen LogP contribution in [0.3, 0.4) is 0 Å². The van der Waals surface area contributed by atoms with Crippen LogP contribution >= 0.6 is 15.9 Å². The minimum Gasteiger partial charge on any atom is -0.490 e. The quantitative estimate of drug-likeness (QED) is 0.631. The Hall–Kier alpha value is -2.87. The van der Waals surface area contributed by atoms with Crippen LogP contribution < -0.4 is 15.6 Å². The van der Waals surface area contributed by atoms with E-state index in [1.807, 2.05) is 44.2 Å². The maximum atomic E-state index is 12.6. The summed E-state index contributed by atoms with van der Waals surface area (Å²) >= 11 is 3.34. The molecule has 2 N–H and O–H groups in total. The normalized spacial score (nSPS) is 15.9. The maximum absolute atomic E-state index is 12.6. The zero-order valence-corrected chi connectivity index (χ0v) is 18.4. The average Bonchev–Trinajstić information content (AvgIpc) is 3.08. The summed E-state index contributed by atoms with van der Waals surface area (Å²) in [7, 11) is 0. The first-order chi connectivity index (χ1) is 14.3. The van der Waals surface area contributed by atoms with Gasteiger partial charge in [-0.2, -0.15) is 0 Å². The largest absolute Gasteiger partial charge is 0.490 e. The smallest absolute Gasteiger partial charge is 0.273 e. The molecule has 0 spiro atoms. The molecule has 2 aromatic carbocycles. The monoisotopic (exact) mass is 473 g/mol. The minimum absolute atomic E-state index is 0.0788. The topological polar surface area (TPSA) is 87.7 Å². The highest BCUT2D eigenvalue weighted by Crippen LogP contribution is 2.24. The third-order valence-electron chi connectivity index (χ3n) is 4.65. The number of hydrogen-bond donors (Lipinski definition) is 2. The molecule has 3 amide bonds. The fraction of sp³-hybridized carbons (Fsp3) is 0.318. The molecule has 30 heavy (non-hydrogen) atoms. The lowest BCUT2D eigenvalue weighted by Gasteiger charge is -2.17. The molecular formula is C22H24BrN3O4. The van der Waals surface area contributed by atoms with Gasteiger partial charge in [-0.25, -0.2) is 0 Å². The SMILES string of the molecule is CC(C)Oc1ccc(Br)cc1C(=O)NNC(=O)C1CC(=O)N(Cc2ccccc2)C1. The van der Waals surface area contributed by atoms with E-state index in [0.717, 1.165) is 5.56 Å². The van der Waals surface area contributed by atoms with Crippen LogP contribution in [0.4, 0.5) is 0 Å². The Labute approximate surface area is 183 Å². The Morgan fingerprint density at radius 1 is 1.17 bits per heavy atom. The van der Waals surface area contributed by atoms with Crippen LogP contribution in [-0.2, 0) is 16.1 Å². The summed E-state index contributed by atoms with van der Waals surface area (Å²) in [5, 5.41) is 0. The molecule has 8 heteroatoms. The van der Waals surface area contributed by atoms with Crippen molar-refractivity contribution in [1.29, 1.82) is 0 Å². The van der Waals surface area contributed by atoms with Gasteiger partial charge in [0.15, 0.2) is 0 Å². The summed E-state index contributed by atoms with van der Waals surface area (Å²) in [5.74, 6) is -1.07. The van der Waals surface area contributed by atoms with Crippen LogP contribution in [0.25, 0.3) is 0 Å². The van der Waals surface area contributed by atoms with E-state index in [2.05, 4.69) is 26.8 Å². The van der Waals surface area contributed by atoms with Gasteiger partial charge < -0.3 is 9.64 Å². The van der Waals surface area contributed by atoms with E-state index in [4.69, 9.17) is 4.74 Å². The van der Waals surface area contributed by atoms with Crippen molar-refractivity contribution in [3.05, 3.63) is 64.1 Å². The zero-order valence-electron chi connectivity index (χ0n) is 16.9. The van der Waals surface area contributed by atoms with Gasteiger partial charge in [0.1, 0.15) is 5.75 Å². The first-order valence-corrected chi connectivity index (χ1v) is 10.5. The maximum Gasteiger partial charge on any atom is 0.273 e. The van der Waals surface area contributed by atoms with Gasteiger partial charge >= 0.3 is 0 Å². The molecule has 1 atom stereocenters.